The summed E-state index contributed by atoms with van der Waals surface area (Å²) in [4.78, 5) is 20.6. The molecule has 2 aromatic rings. The first-order valence-corrected chi connectivity index (χ1v) is 13.5. The van der Waals surface area contributed by atoms with Gasteiger partial charge < -0.3 is 15.0 Å². The second kappa shape index (κ2) is 11.5. The van der Waals surface area contributed by atoms with Crippen LogP contribution in [0.3, 0.4) is 0 Å². The minimum absolute atomic E-state index is 0.102. The van der Waals surface area contributed by atoms with Crippen LogP contribution in [-0.2, 0) is 28.9 Å². The highest BCUT2D eigenvalue weighted by atomic mass is 32.2. The third kappa shape index (κ3) is 6.22. The number of carbonyl (C=O) groups excluding carboxylic acids is 1. The number of dihydropyridines is 1. The number of halogens is 3. The summed E-state index contributed by atoms with van der Waals surface area (Å²) in [6.07, 6.45) is 0.223. The van der Waals surface area contributed by atoms with E-state index in [1.807, 2.05) is 24.1 Å². The molecule has 2 aromatic carbocycles. The van der Waals surface area contributed by atoms with E-state index in [1.165, 1.54) is 17.0 Å². The fourth-order valence-corrected chi connectivity index (χ4v) is 5.82. The summed E-state index contributed by atoms with van der Waals surface area (Å²) >= 11 is 0. The lowest BCUT2D eigenvalue weighted by Gasteiger charge is -2.30. The minimum Gasteiger partial charge on any atom is -0.368 e. The third-order valence-corrected chi connectivity index (χ3v) is 8.45. The van der Waals surface area contributed by atoms with Gasteiger partial charge in [0, 0.05) is 30.9 Å². The molecular formula is C28H30F3N3O2S. The molecule has 37 heavy (non-hydrogen) atoms. The van der Waals surface area contributed by atoms with Crippen LogP contribution in [0.2, 0.25) is 0 Å². The number of alkyl halides is 3. The van der Waals surface area contributed by atoms with Crippen molar-refractivity contribution in [3.05, 3.63) is 88.6 Å². The molecular weight excluding hydrogens is 499 g/mol. The van der Waals surface area contributed by atoms with Crippen LogP contribution in [0.25, 0.3) is 0 Å². The Morgan fingerprint density at radius 2 is 1.81 bits per heavy atom. The number of fused-ring (bicyclic) bond motifs is 1. The van der Waals surface area contributed by atoms with Crippen LogP contribution < -0.4 is 5.32 Å². The lowest BCUT2D eigenvalue weighted by molar-refractivity contribution is -0.137. The predicted octanol–water partition coefficient (Wildman–Crippen LogP) is 5.54. The van der Waals surface area contributed by atoms with Gasteiger partial charge in [0.2, 0.25) is 0 Å². The summed E-state index contributed by atoms with van der Waals surface area (Å²) < 4.78 is 44.4. The second-order valence-electron chi connectivity index (χ2n) is 8.75. The van der Waals surface area contributed by atoms with Gasteiger partial charge in [-0.05, 0) is 59.7 Å². The summed E-state index contributed by atoms with van der Waals surface area (Å²) in [5.41, 5.74) is 2.28. The molecule has 9 heteroatoms. The summed E-state index contributed by atoms with van der Waals surface area (Å²) in [5, 5.41) is 5.22. The zero-order chi connectivity index (χ0) is 26.6. The van der Waals surface area contributed by atoms with Crippen molar-refractivity contribution in [3.8, 4) is 0 Å². The Hall–Kier alpha value is -3.17. The summed E-state index contributed by atoms with van der Waals surface area (Å²) in [5.74, 6) is 0.889. The van der Waals surface area contributed by atoms with Crippen molar-refractivity contribution in [1.82, 2.24) is 10.2 Å². The molecule has 3 atom stereocenters. The molecule has 2 aliphatic heterocycles. The van der Waals surface area contributed by atoms with Gasteiger partial charge in [-0.1, -0.05) is 36.6 Å². The van der Waals surface area contributed by atoms with Crippen LogP contribution in [0.4, 0.5) is 13.2 Å². The van der Waals surface area contributed by atoms with Crippen molar-refractivity contribution in [2.75, 3.05) is 12.8 Å². The van der Waals surface area contributed by atoms with Gasteiger partial charge in [0.25, 0.3) is 5.91 Å². The average molecular weight is 530 g/mol. The number of allylic oxidation sites excluding steroid dienone is 1. The third-order valence-electron chi connectivity index (χ3n) is 6.38. The molecule has 0 spiro atoms. The molecule has 0 saturated heterocycles. The maximum atomic E-state index is 13.1. The topological polar surface area (TPSA) is 53.9 Å². The molecule has 2 aliphatic rings. The normalized spacial score (nSPS) is 19.9. The standard InChI is InChI=1S/C28H30F3N3O2S/c1-4-37(5-2)22-12-8-19(9-13-22)16-33-26(35)24-17-34(3)25-23(24)14-15-32-27(25)36-18-20-6-10-21(11-7-20)28(29,30)31/h4,6-15,17,25,27H,5,16,18H2,1-3H3,(H,33,35). The first kappa shape index (κ1) is 26.9. The number of hydrogen-bond donors (Lipinski definition) is 1. The number of aliphatic imine (C=N–C) groups is 1. The van der Waals surface area contributed by atoms with E-state index in [4.69, 9.17) is 4.74 Å². The van der Waals surface area contributed by atoms with Gasteiger partial charge in [0.05, 0.1) is 17.7 Å². The number of amides is 1. The Labute approximate surface area is 217 Å². The van der Waals surface area contributed by atoms with Crippen molar-refractivity contribution >= 4 is 28.0 Å². The summed E-state index contributed by atoms with van der Waals surface area (Å²) in [7, 11) is 1.99. The van der Waals surface area contributed by atoms with E-state index in [1.54, 1.807) is 18.5 Å². The van der Waals surface area contributed by atoms with E-state index in [-0.39, 0.29) is 29.0 Å². The number of nitrogens with zero attached hydrogens (tertiary/aromatic N) is 2. The molecule has 0 bridgehead atoms. The van der Waals surface area contributed by atoms with Crippen LogP contribution in [0, 0.1) is 0 Å². The molecule has 196 valence electrons. The molecule has 0 aliphatic carbocycles. The van der Waals surface area contributed by atoms with Crippen molar-refractivity contribution in [2.45, 2.75) is 50.3 Å². The van der Waals surface area contributed by atoms with Gasteiger partial charge in [-0.2, -0.15) is 23.7 Å². The molecule has 1 N–H and O–H groups in total. The molecule has 0 radical (unpaired) electrons. The number of ether oxygens (including phenoxy) is 1. The average Bonchev–Trinajstić information content (AvgIpc) is 3.24. The van der Waals surface area contributed by atoms with Gasteiger partial charge in [0.15, 0.2) is 6.23 Å². The Morgan fingerprint density at radius 3 is 2.43 bits per heavy atom. The highest BCUT2D eigenvalue weighted by Gasteiger charge is 2.38. The molecule has 1 amide bonds. The minimum atomic E-state index is -4.38. The largest absolute Gasteiger partial charge is 0.416 e. The molecule has 4 rings (SSSR count). The smallest absolute Gasteiger partial charge is 0.368 e. The Morgan fingerprint density at radius 1 is 1.14 bits per heavy atom. The van der Waals surface area contributed by atoms with Crippen LogP contribution in [0.5, 0.6) is 0 Å². The fourth-order valence-electron chi connectivity index (χ4n) is 4.39. The van der Waals surface area contributed by atoms with Crippen LogP contribution in [0.1, 0.15) is 30.5 Å². The maximum absolute atomic E-state index is 13.1. The van der Waals surface area contributed by atoms with E-state index in [0.717, 1.165) is 29.0 Å². The first-order valence-electron chi connectivity index (χ1n) is 12.0. The highest BCUT2D eigenvalue weighted by Crippen LogP contribution is 2.33. The van der Waals surface area contributed by atoms with E-state index in [2.05, 4.69) is 41.7 Å². The SMILES string of the molecule is C/C=S(\CC)c1ccc(CNC(=O)C2=CN(C)C3C2=CC=NC3OCc2ccc(C(F)(F)F)cc2)cc1. The molecule has 5 nitrogen and oxygen atoms in total. The number of rotatable bonds is 8. The van der Waals surface area contributed by atoms with Crippen LogP contribution in [0.15, 0.2) is 81.8 Å². The summed E-state index contributed by atoms with van der Waals surface area (Å²) in [6, 6.07) is 12.9. The molecule has 3 unspecified atom stereocenters. The van der Waals surface area contributed by atoms with Crippen molar-refractivity contribution in [2.24, 2.45) is 4.99 Å². The van der Waals surface area contributed by atoms with Crippen molar-refractivity contribution in [3.63, 3.8) is 0 Å². The maximum Gasteiger partial charge on any atom is 0.416 e. The molecule has 0 aromatic heterocycles. The zero-order valence-corrected chi connectivity index (χ0v) is 21.8. The van der Waals surface area contributed by atoms with Crippen LogP contribution >= 0.6 is 10.5 Å². The van der Waals surface area contributed by atoms with E-state index in [0.29, 0.717) is 17.7 Å². The molecule has 0 saturated carbocycles. The van der Waals surface area contributed by atoms with E-state index < -0.39 is 18.0 Å². The predicted molar refractivity (Wildman–Crippen MR) is 143 cm³/mol. The van der Waals surface area contributed by atoms with Gasteiger partial charge in [-0.3, -0.25) is 9.79 Å². The lowest BCUT2D eigenvalue weighted by Crippen LogP contribution is -2.39. The highest BCUT2D eigenvalue weighted by molar-refractivity contribution is 8.15. The number of nitrogens with one attached hydrogen (secondary N) is 1. The molecule has 0 fully saturated rings. The Bertz CT molecular complexity index is 1250. The first-order chi connectivity index (χ1) is 17.7. The monoisotopic (exact) mass is 529 g/mol. The summed E-state index contributed by atoms with van der Waals surface area (Å²) in [6.45, 7) is 4.77. The van der Waals surface area contributed by atoms with Gasteiger partial charge in [0.1, 0.15) is 6.04 Å². The number of hydrogen-bond acceptors (Lipinski definition) is 4. The second-order valence-corrected chi connectivity index (χ2v) is 11.1. The zero-order valence-electron chi connectivity index (χ0n) is 21.0. The number of carbonyl (C=O) groups is 1. The quantitative estimate of drug-likeness (QED) is 0.457. The van der Waals surface area contributed by atoms with E-state index >= 15 is 0 Å². The van der Waals surface area contributed by atoms with Crippen molar-refractivity contribution in [1.29, 1.82) is 0 Å². The van der Waals surface area contributed by atoms with Crippen LogP contribution in [-0.4, -0.2) is 47.5 Å². The molecule has 2 heterocycles. The Balaban J connectivity index is 1.36. The number of likely N-dealkylation sites (N-methyl/N-ethyl adjacent to an activating group) is 1. The lowest BCUT2D eigenvalue weighted by atomic mass is 9.98. The van der Waals surface area contributed by atoms with Gasteiger partial charge in [-0.25, -0.2) is 0 Å². The number of benzene rings is 2. The van der Waals surface area contributed by atoms with E-state index in [9.17, 15) is 18.0 Å². The Kier molecular flexibility index (Phi) is 8.34. The van der Waals surface area contributed by atoms with Gasteiger partial charge in [-0.15, -0.1) is 0 Å². The van der Waals surface area contributed by atoms with Gasteiger partial charge >= 0.3 is 6.18 Å². The van der Waals surface area contributed by atoms with Crippen molar-refractivity contribution < 1.29 is 22.7 Å². The fraction of sp³-hybridized carbons (Fsp3) is 0.321.